The van der Waals surface area contributed by atoms with Gasteiger partial charge in [0, 0.05) is 17.3 Å². The van der Waals surface area contributed by atoms with Crippen LogP contribution in [0.1, 0.15) is 22.8 Å². The topological polar surface area (TPSA) is 48.4 Å². The van der Waals surface area contributed by atoms with Gasteiger partial charge in [-0.1, -0.05) is 0 Å². The highest BCUT2D eigenvalue weighted by molar-refractivity contribution is 6.09. The van der Waals surface area contributed by atoms with Crippen LogP contribution in [0.25, 0.3) is 0 Å². The third kappa shape index (κ3) is 2.93. The Morgan fingerprint density at radius 3 is 2.75 bits per heavy atom. The lowest BCUT2D eigenvalue weighted by Gasteiger charge is -2.07. The zero-order valence-corrected chi connectivity index (χ0v) is 11.2. The number of benzene rings is 1. The fraction of sp³-hybridized carbons (Fsp3) is 0.200. The normalized spacial score (nSPS) is 10.2. The molecule has 104 valence electrons. The number of ether oxygens (including phenoxy) is 2. The van der Waals surface area contributed by atoms with Gasteiger partial charge < -0.3 is 9.47 Å². The molecule has 20 heavy (non-hydrogen) atoms. The molecule has 5 heteroatoms. The van der Waals surface area contributed by atoms with E-state index < -0.39 is 5.82 Å². The van der Waals surface area contributed by atoms with E-state index in [1.54, 1.807) is 6.07 Å². The molecule has 0 fully saturated rings. The van der Waals surface area contributed by atoms with E-state index in [4.69, 9.17) is 9.47 Å². The van der Waals surface area contributed by atoms with E-state index in [0.29, 0.717) is 23.5 Å². The Morgan fingerprint density at radius 1 is 1.25 bits per heavy atom. The second-order valence-corrected chi connectivity index (χ2v) is 4.02. The zero-order valence-electron chi connectivity index (χ0n) is 11.2. The smallest absolute Gasteiger partial charge is 0.194 e. The lowest BCUT2D eigenvalue weighted by atomic mass is 10.0. The summed E-state index contributed by atoms with van der Waals surface area (Å²) in [7, 11) is 1.35. The monoisotopic (exact) mass is 275 g/mol. The SMILES string of the molecule is CCOc1cncc(C(=O)c2ccc(F)c(OC)c2)c1. The van der Waals surface area contributed by atoms with Gasteiger partial charge in [0.2, 0.25) is 0 Å². The molecule has 0 bridgehead atoms. The first-order chi connectivity index (χ1) is 9.65. The average Bonchev–Trinajstić information content (AvgIpc) is 2.48. The Labute approximate surface area is 116 Å². The van der Waals surface area contributed by atoms with Gasteiger partial charge in [-0.2, -0.15) is 0 Å². The van der Waals surface area contributed by atoms with E-state index in [-0.39, 0.29) is 11.5 Å². The Morgan fingerprint density at radius 2 is 2.05 bits per heavy atom. The lowest BCUT2D eigenvalue weighted by Crippen LogP contribution is -2.04. The van der Waals surface area contributed by atoms with Crippen molar-refractivity contribution in [2.24, 2.45) is 0 Å². The fourth-order valence-corrected chi connectivity index (χ4v) is 1.76. The van der Waals surface area contributed by atoms with Crippen LogP contribution in [0.15, 0.2) is 36.7 Å². The summed E-state index contributed by atoms with van der Waals surface area (Å²) in [6.07, 6.45) is 2.98. The number of carbonyl (C=O) groups is 1. The number of hydrogen-bond donors (Lipinski definition) is 0. The van der Waals surface area contributed by atoms with Crippen molar-refractivity contribution >= 4 is 5.78 Å². The van der Waals surface area contributed by atoms with Crippen LogP contribution in [0.2, 0.25) is 0 Å². The molecule has 0 amide bonds. The standard InChI is InChI=1S/C15H14FNO3/c1-3-20-12-6-11(8-17-9-12)15(18)10-4-5-13(16)14(7-10)19-2/h4-9H,3H2,1-2H3. The predicted octanol–water partition coefficient (Wildman–Crippen LogP) is 2.86. The highest BCUT2D eigenvalue weighted by Crippen LogP contribution is 2.21. The van der Waals surface area contributed by atoms with Gasteiger partial charge in [0.25, 0.3) is 0 Å². The van der Waals surface area contributed by atoms with E-state index >= 15 is 0 Å². The number of ketones is 1. The molecule has 0 aliphatic carbocycles. The second kappa shape index (κ2) is 6.14. The van der Waals surface area contributed by atoms with Crippen molar-refractivity contribution in [2.45, 2.75) is 6.92 Å². The van der Waals surface area contributed by atoms with Gasteiger partial charge in [-0.3, -0.25) is 9.78 Å². The molecular weight excluding hydrogens is 261 g/mol. The molecule has 0 N–H and O–H groups in total. The predicted molar refractivity (Wildman–Crippen MR) is 71.8 cm³/mol. The van der Waals surface area contributed by atoms with Gasteiger partial charge in [0.05, 0.1) is 19.9 Å². The van der Waals surface area contributed by atoms with E-state index in [1.807, 2.05) is 6.92 Å². The summed E-state index contributed by atoms with van der Waals surface area (Å²) in [4.78, 5) is 16.3. The molecule has 0 unspecified atom stereocenters. The minimum atomic E-state index is -0.509. The van der Waals surface area contributed by atoms with Gasteiger partial charge in [0.15, 0.2) is 17.3 Å². The Bertz CT molecular complexity index is 628. The Balaban J connectivity index is 2.33. The summed E-state index contributed by atoms with van der Waals surface area (Å²) in [5.41, 5.74) is 0.711. The van der Waals surface area contributed by atoms with E-state index in [9.17, 15) is 9.18 Å². The highest BCUT2D eigenvalue weighted by Gasteiger charge is 2.13. The summed E-state index contributed by atoms with van der Waals surface area (Å²) in [6, 6.07) is 5.58. The van der Waals surface area contributed by atoms with Crippen LogP contribution < -0.4 is 9.47 Å². The molecule has 2 rings (SSSR count). The number of halogens is 1. The molecule has 0 saturated carbocycles. The van der Waals surface area contributed by atoms with Crippen molar-refractivity contribution < 1.29 is 18.7 Å². The third-order valence-corrected chi connectivity index (χ3v) is 2.70. The first kappa shape index (κ1) is 14.0. The van der Waals surface area contributed by atoms with Gasteiger partial charge >= 0.3 is 0 Å². The van der Waals surface area contributed by atoms with Crippen molar-refractivity contribution in [3.63, 3.8) is 0 Å². The number of pyridine rings is 1. The molecule has 1 aromatic carbocycles. The maximum Gasteiger partial charge on any atom is 0.194 e. The largest absolute Gasteiger partial charge is 0.494 e. The fourth-order valence-electron chi connectivity index (χ4n) is 1.76. The van der Waals surface area contributed by atoms with Gasteiger partial charge in [0.1, 0.15) is 5.75 Å². The maximum atomic E-state index is 13.3. The van der Waals surface area contributed by atoms with Gasteiger partial charge in [-0.25, -0.2) is 4.39 Å². The number of aromatic nitrogens is 1. The zero-order chi connectivity index (χ0) is 14.5. The molecular formula is C15H14FNO3. The summed E-state index contributed by atoms with van der Waals surface area (Å²) >= 11 is 0. The number of hydrogen-bond acceptors (Lipinski definition) is 4. The number of rotatable bonds is 5. The van der Waals surface area contributed by atoms with Crippen LogP contribution in [-0.4, -0.2) is 24.5 Å². The molecule has 0 spiro atoms. The van der Waals surface area contributed by atoms with Gasteiger partial charge in [-0.15, -0.1) is 0 Å². The maximum absolute atomic E-state index is 13.3. The summed E-state index contributed by atoms with van der Waals surface area (Å²) in [6.45, 7) is 2.34. The minimum Gasteiger partial charge on any atom is -0.494 e. The first-order valence-corrected chi connectivity index (χ1v) is 6.11. The van der Waals surface area contributed by atoms with Crippen LogP contribution in [0, 0.1) is 5.82 Å². The molecule has 0 radical (unpaired) electrons. The van der Waals surface area contributed by atoms with Gasteiger partial charge in [-0.05, 0) is 31.2 Å². The van der Waals surface area contributed by atoms with E-state index in [1.165, 1.54) is 37.7 Å². The average molecular weight is 275 g/mol. The number of nitrogens with zero attached hydrogens (tertiary/aromatic N) is 1. The van der Waals surface area contributed by atoms with Crippen LogP contribution in [0.3, 0.4) is 0 Å². The second-order valence-electron chi connectivity index (χ2n) is 4.02. The minimum absolute atomic E-state index is 0.0322. The Kier molecular flexibility index (Phi) is 4.30. The van der Waals surface area contributed by atoms with E-state index in [2.05, 4.69) is 4.98 Å². The van der Waals surface area contributed by atoms with Crippen LogP contribution in [0.4, 0.5) is 4.39 Å². The van der Waals surface area contributed by atoms with Crippen molar-refractivity contribution in [2.75, 3.05) is 13.7 Å². The molecule has 1 heterocycles. The van der Waals surface area contributed by atoms with Crippen LogP contribution >= 0.6 is 0 Å². The number of methoxy groups -OCH3 is 1. The first-order valence-electron chi connectivity index (χ1n) is 6.11. The third-order valence-electron chi connectivity index (χ3n) is 2.70. The summed E-state index contributed by atoms with van der Waals surface area (Å²) in [5, 5.41) is 0. The summed E-state index contributed by atoms with van der Waals surface area (Å²) < 4.78 is 23.5. The van der Waals surface area contributed by atoms with Crippen molar-refractivity contribution in [3.8, 4) is 11.5 Å². The van der Waals surface area contributed by atoms with E-state index in [0.717, 1.165) is 0 Å². The quantitative estimate of drug-likeness (QED) is 0.787. The molecule has 0 atom stereocenters. The van der Waals surface area contributed by atoms with Crippen molar-refractivity contribution in [1.82, 2.24) is 4.98 Å². The molecule has 4 nitrogen and oxygen atoms in total. The highest BCUT2D eigenvalue weighted by atomic mass is 19.1. The van der Waals surface area contributed by atoms with Crippen LogP contribution in [-0.2, 0) is 0 Å². The molecule has 2 aromatic rings. The van der Waals surface area contributed by atoms with Crippen molar-refractivity contribution in [1.29, 1.82) is 0 Å². The molecule has 0 aliphatic rings. The van der Waals surface area contributed by atoms with Crippen molar-refractivity contribution in [3.05, 3.63) is 53.6 Å². The van der Waals surface area contributed by atoms with Crippen LogP contribution in [0.5, 0.6) is 11.5 Å². The molecule has 1 aromatic heterocycles. The molecule has 0 saturated heterocycles. The lowest BCUT2D eigenvalue weighted by molar-refractivity contribution is 0.103. The molecule has 0 aliphatic heterocycles. The number of carbonyl (C=O) groups excluding carboxylic acids is 1. The Hall–Kier alpha value is -2.43. The summed E-state index contributed by atoms with van der Waals surface area (Å²) in [5.74, 6) is -0.222.